The third-order valence-electron chi connectivity index (χ3n) is 6.16. The molecule has 2 saturated heterocycles. The van der Waals surface area contributed by atoms with Crippen LogP contribution in [0.1, 0.15) is 35.3 Å². The monoisotopic (exact) mass is 447 g/mol. The molecule has 8 heteroatoms. The lowest BCUT2D eigenvalue weighted by Crippen LogP contribution is -2.42. The number of carbonyl (C=O) groups is 1. The SMILES string of the molecule is Cc1nn(C)c2nc(-c3ccccc3)cc(C(=O)N3C4CCNCC3CC4)c12.Cl.Cl. The van der Waals surface area contributed by atoms with Crippen LogP contribution in [0.4, 0.5) is 0 Å². The number of rotatable bonds is 2. The molecule has 0 saturated carbocycles. The molecule has 2 aliphatic rings. The van der Waals surface area contributed by atoms with Crippen LogP contribution in [-0.2, 0) is 7.05 Å². The average Bonchev–Trinajstić information content (AvgIpc) is 3.15. The Morgan fingerprint density at radius 3 is 2.60 bits per heavy atom. The Bertz CT molecular complexity index is 1040. The van der Waals surface area contributed by atoms with E-state index in [1.54, 1.807) is 4.68 Å². The molecule has 4 heterocycles. The van der Waals surface area contributed by atoms with Crippen molar-refractivity contribution in [1.82, 2.24) is 25.0 Å². The minimum Gasteiger partial charge on any atom is -0.331 e. The van der Waals surface area contributed by atoms with Crippen molar-refractivity contribution < 1.29 is 4.79 Å². The highest BCUT2D eigenvalue weighted by Crippen LogP contribution is 2.33. The van der Waals surface area contributed by atoms with Crippen molar-refractivity contribution in [2.24, 2.45) is 7.05 Å². The molecule has 2 bridgehead atoms. The fourth-order valence-corrected chi connectivity index (χ4v) is 4.82. The average molecular weight is 448 g/mol. The maximum absolute atomic E-state index is 13.8. The quantitative estimate of drug-likeness (QED) is 0.649. The Balaban J connectivity index is 0.00000128. The summed E-state index contributed by atoms with van der Waals surface area (Å²) in [6.07, 6.45) is 3.20. The van der Waals surface area contributed by atoms with E-state index in [9.17, 15) is 4.79 Å². The summed E-state index contributed by atoms with van der Waals surface area (Å²) in [5.74, 6) is 0.122. The van der Waals surface area contributed by atoms with Gasteiger partial charge >= 0.3 is 0 Å². The van der Waals surface area contributed by atoms with Gasteiger partial charge in [0, 0.05) is 31.2 Å². The molecule has 0 spiro atoms. The van der Waals surface area contributed by atoms with Crippen molar-refractivity contribution in [3.05, 3.63) is 47.7 Å². The molecule has 2 fully saturated rings. The number of aromatic nitrogens is 3. The number of nitrogens with zero attached hydrogens (tertiary/aromatic N) is 4. The summed E-state index contributed by atoms with van der Waals surface area (Å²) in [6.45, 7) is 3.83. The van der Waals surface area contributed by atoms with Gasteiger partial charge in [0.05, 0.1) is 22.3 Å². The fraction of sp³-hybridized carbons (Fsp3) is 0.409. The second-order valence-electron chi connectivity index (χ2n) is 7.92. The largest absolute Gasteiger partial charge is 0.331 e. The van der Waals surface area contributed by atoms with Crippen molar-refractivity contribution in [3.63, 3.8) is 0 Å². The number of hydrogen-bond acceptors (Lipinski definition) is 4. The maximum Gasteiger partial charge on any atom is 0.255 e. The summed E-state index contributed by atoms with van der Waals surface area (Å²) < 4.78 is 1.78. The lowest BCUT2D eigenvalue weighted by molar-refractivity contribution is 0.0682. The standard InChI is InChI=1S/C22H25N5O.2ClH/c1-14-20-18(22(28)27-16-8-9-17(27)13-23-11-10-16)12-19(15-6-4-3-5-7-15)24-21(20)26(2)25-14;;/h3-7,12,16-17,23H,8-11,13H2,1-2H3;2*1H. The summed E-state index contributed by atoms with van der Waals surface area (Å²) in [4.78, 5) is 20.8. The summed E-state index contributed by atoms with van der Waals surface area (Å²) in [5, 5.41) is 8.92. The molecular formula is C22H27Cl2N5O. The van der Waals surface area contributed by atoms with Gasteiger partial charge in [0.2, 0.25) is 0 Å². The van der Waals surface area contributed by atoms with E-state index in [1.165, 1.54) is 0 Å². The number of halogens is 2. The molecular weight excluding hydrogens is 421 g/mol. The van der Waals surface area contributed by atoms with Gasteiger partial charge in [-0.05, 0) is 38.8 Å². The van der Waals surface area contributed by atoms with Crippen molar-refractivity contribution >= 4 is 41.8 Å². The molecule has 2 aromatic heterocycles. The highest BCUT2D eigenvalue weighted by atomic mass is 35.5. The highest BCUT2D eigenvalue weighted by Gasteiger charge is 2.39. The predicted molar refractivity (Wildman–Crippen MR) is 124 cm³/mol. The molecule has 1 amide bonds. The van der Waals surface area contributed by atoms with Crippen molar-refractivity contribution in [1.29, 1.82) is 0 Å². The van der Waals surface area contributed by atoms with Crippen LogP contribution in [0.5, 0.6) is 0 Å². The number of pyridine rings is 1. The smallest absolute Gasteiger partial charge is 0.255 e. The molecule has 0 aliphatic carbocycles. The van der Waals surface area contributed by atoms with Crippen LogP contribution in [0.3, 0.4) is 0 Å². The van der Waals surface area contributed by atoms with E-state index in [1.807, 2.05) is 50.4 Å². The van der Waals surface area contributed by atoms with Crippen molar-refractivity contribution in [2.75, 3.05) is 13.1 Å². The highest BCUT2D eigenvalue weighted by molar-refractivity contribution is 6.07. The van der Waals surface area contributed by atoms with Gasteiger partial charge in [0.15, 0.2) is 5.65 Å². The van der Waals surface area contributed by atoms with Gasteiger partial charge in [0.25, 0.3) is 5.91 Å². The second kappa shape index (κ2) is 8.92. The van der Waals surface area contributed by atoms with Gasteiger partial charge in [-0.25, -0.2) is 4.98 Å². The van der Waals surface area contributed by atoms with E-state index in [-0.39, 0.29) is 36.8 Å². The van der Waals surface area contributed by atoms with Gasteiger partial charge in [-0.3, -0.25) is 9.48 Å². The summed E-state index contributed by atoms with van der Waals surface area (Å²) >= 11 is 0. The molecule has 1 aromatic carbocycles. The molecule has 2 aliphatic heterocycles. The first-order valence-electron chi connectivity index (χ1n) is 10.1. The lowest BCUT2D eigenvalue weighted by Gasteiger charge is -2.28. The van der Waals surface area contributed by atoms with Crippen LogP contribution < -0.4 is 5.32 Å². The molecule has 0 radical (unpaired) electrons. The van der Waals surface area contributed by atoms with E-state index in [0.717, 1.165) is 65.9 Å². The minimum absolute atomic E-state index is 0. The number of benzene rings is 1. The second-order valence-corrected chi connectivity index (χ2v) is 7.92. The lowest BCUT2D eigenvalue weighted by atomic mass is 10.0. The van der Waals surface area contributed by atoms with Crippen LogP contribution in [0.25, 0.3) is 22.3 Å². The van der Waals surface area contributed by atoms with Crippen LogP contribution >= 0.6 is 24.8 Å². The summed E-state index contributed by atoms with van der Waals surface area (Å²) in [6, 6.07) is 12.6. The molecule has 3 aromatic rings. The Morgan fingerprint density at radius 1 is 1.10 bits per heavy atom. The minimum atomic E-state index is 0. The van der Waals surface area contributed by atoms with Crippen LogP contribution in [-0.4, -0.2) is 50.7 Å². The van der Waals surface area contributed by atoms with Crippen molar-refractivity contribution in [3.8, 4) is 11.3 Å². The molecule has 2 unspecified atom stereocenters. The molecule has 2 atom stereocenters. The molecule has 30 heavy (non-hydrogen) atoms. The first-order chi connectivity index (χ1) is 13.6. The van der Waals surface area contributed by atoms with Gasteiger partial charge < -0.3 is 10.2 Å². The number of fused-ring (bicyclic) bond motifs is 3. The zero-order valence-corrected chi connectivity index (χ0v) is 18.8. The van der Waals surface area contributed by atoms with Gasteiger partial charge in [-0.1, -0.05) is 30.3 Å². The van der Waals surface area contributed by atoms with Gasteiger partial charge in [0.1, 0.15) is 0 Å². The first kappa shape index (κ1) is 22.5. The van der Waals surface area contributed by atoms with Gasteiger partial charge in [-0.15, -0.1) is 24.8 Å². The van der Waals surface area contributed by atoms with Gasteiger partial charge in [-0.2, -0.15) is 5.10 Å². The van der Waals surface area contributed by atoms with E-state index in [2.05, 4.69) is 15.3 Å². The number of amides is 1. The zero-order valence-electron chi connectivity index (χ0n) is 17.2. The third kappa shape index (κ3) is 3.68. The molecule has 1 N–H and O–H groups in total. The van der Waals surface area contributed by atoms with E-state index < -0.39 is 0 Å². The number of carbonyl (C=O) groups excluding carboxylic acids is 1. The number of hydrogen-bond donors (Lipinski definition) is 1. The van der Waals surface area contributed by atoms with Crippen LogP contribution in [0.15, 0.2) is 36.4 Å². The number of aryl methyl sites for hydroxylation is 2. The summed E-state index contributed by atoms with van der Waals surface area (Å²) in [7, 11) is 1.89. The molecule has 6 nitrogen and oxygen atoms in total. The predicted octanol–water partition coefficient (Wildman–Crippen LogP) is 3.75. The maximum atomic E-state index is 13.8. The van der Waals surface area contributed by atoms with Crippen molar-refractivity contribution in [2.45, 2.75) is 38.3 Å². The number of nitrogens with one attached hydrogen (secondary N) is 1. The van der Waals surface area contributed by atoms with E-state index in [0.29, 0.717) is 6.04 Å². The van der Waals surface area contributed by atoms with E-state index >= 15 is 0 Å². The molecule has 5 rings (SSSR count). The summed E-state index contributed by atoms with van der Waals surface area (Å²) in [5.41, 5.74) is 4.18. The topological polar surface area (TPSA) is 63.1 Å². The fourth-order valence-electron chi connectivity index (χ4n) is 4.82. The zero-order chi connectivity index (χ0) is 19.3. The third-order valence-corrected chi connectivity index (χ3v) is 6.16. The Hall–Kier alpha value is -2.15. The Kier molecular flexibility index (Phi) is 6.70. The van der Waals surface area contributed by atoms with Crippen LogP contribution in [0, 0.1) is 6.92 Å². The normalized spacial score (nSPS) is 20.4. The Morgan fingerprint density at radius 2 is 1.83 bits per heavy atom. The Labute approximate surface area is 188 Å². The first-order valence-corrected chi connectivity index (χ1v) is 10.1. The molecule has 160 valence electrons. The van der Waals surface area contributed by atoms with Crippen LogP contribution in [0.2, 0.25) is 0 Å². The van der Waals surface area contributed by atoms with E-state index in [4.69, 9.17) is 4.98 Å².